The summed E-state index contributed by atoms with van der Waals surface area (Å²) >= 11 is 5.28. The number of rotatable bonds is 1. The molecule has 0 bridgehead atoms. The van der Waals surface area contributed by atoms with Crippen LogP contribution in [0.3, 0.4) is 0 Å². The molecule has 0 unspecified atom stereocenters. The molecule has 1 amide bonds. The van der Waals surface area contributed by atoms with Gasteiger partial charge in [-0.1, -0.05) is 16.8 Å². The largest absolute Gasteiger partial charge is 0.435 e. The summed E-state index contributed by atoms with van der Waals surface area (Å²) in [5, 5.41) is 3.43. The maximum atomic E-state index is 10.6. The van der Waals surface area contributed by atoms with Gasteiger partial charge >= 0.3 is 6.09 Å². The third kappa shape index (κ3) is 4.14. The first-order valence-electron chi connectivity index (χ1n) is 2.62. The van der Waals surface area contributed by atoms with E-state index in [1.807, 2.05) is 0 Å². The zero-order valence-corrected chi connectivity index (χ0v) is 6.84. The van der Waals surface area contributed by atoms with Crippen molar-refractivity contribution in [3.8, 4) is 0 Å². The van der Waals surface area contributed by atoms with Gasteiger partial charge in [-0.25, -0.2) is 4.79 Å². The van der Waals surface area contributed by atoms with Crippen molar-refractivity contribution in [3.05, 3.63) is 0 Å². The fourth-order valence-electron chi connectivity index (χ4n) is 0.184. The van der Waals surface area contributed by atoms with E-state index in [1.54, 1.807) is 14.1 Å². The summed E-state index contributed by atoms with van der Waals surface area (Å²) in [6.45, 7) is 1.52. The van der Waals surface area contributed by atoms with Gasteiger partial charge in [0.1, 0.15) is 5.17 Å². The first-order valence-corrected chi connectivity index (χ1v) is 3.00. The molecule has 10 heavy (non-hydrogen) atoms. The molecule has 0 aliphatic carbocycles. The molecular formula is C5H9ClN2O2. The van der Waals surface area contributed by atoms with Crippen molar-refractivity contribution in [1.82, 2.24) is 4.90 Å². The summed E-state index contributed by atoms with van der Waals surface area (Å²) in [5.41, 5.74) is 0. The summed E-state index contributed by atoms with van der Waals surface area (Å²) in [6, 6.07) is 0. The molecule has 0 heterocycles. The molecule has 0 N–H and O–H groups in total. The van der Waals surface area contributed by atoms with Gasteiger partial charge in [-0.3, -0.25) is 4.84 Å². The zero-order chi connectivity index (χ0) is 8.15. The number of nitrogens with zero attached hydrogens (tertiary/aromatic N) is 2. The van der Waals surface area contributed by atoms with Crippen LogP contribution in [0.4, 0.5) is 4.79 Å². The van der Waals surface area contributed by atoms with Crippen LogP contribution in [0.5, 0.6) is 0 Å². The highest BCUT2D eigenvalue weighted by molar-refractivity contribution is 6.64. The van der Waals surface area contributed by atoms with Crippen molar-refractivity contribution in [1.29, 1.82) is 0 Å². The van der Waals surface area contributed by atoms with Crippen LogP contribution in [0.1, 0.15) is 6.92 Å². The first-order chi connectivity index (χ1) is 4.54. The van der Waals surface area contributed by atoms with Crippen LogP contribution in [0.2, 0.25) is 0 Å². The molecule has 0 saturated heterocycles. The standard InChI is InChI=1S/C5H9ClN2O2/c1-4(6)7-10-5(9)8(2)3/h1-3H3/b7-4+. The SMILES string of the molecule is C/C(Cl)=N\OC(=O)N(C)C. The Labute approximate surface area is 64.4 Å². The second kappa shape index (κ2) is 4.11. The Kier molecular flexibility index (Phi) is 3.79. The van der Waals surface area contributed by atoms with Gasteiger partial charge in [-0.15, -0.1) is 0 Å². The van der Waals surface area contributed by atoms with Gasteiger partial charge in [-0.05, 0) is 6.92 Å². The summed E-state index contributed by atoms with van der Waals surface area (Å²) in [6.07, 6.45) is -0.542. The van der Waals surface area contributed by atoms with Gasteiger partial charge < -0.3 is 4.90 Å². The molecule has 4 nitrogen and oxygen atoms in total. The molecule has 0 aliphatic heterocycles. The Morgan fingerprint density at radius 2 is 2.10 bits per heavy atom. The molecule has 0 aromatic carbocycles. The van der Waals surface area contributed by atoms with Crippen molar-refractivity contribution in [2.75, 3.05) is 14.1 Å². The van der Waals surface area contributed by atoms with Crippen molar-refractivity contribution in [2.45, 2.75) is 6.92 Å². The lowest BCUT2D eigenvalue weighted by atomic mass is 10.9. The predicted octanol–water partition coefficient (Wildman–Crippen LogP) is 1.26. The predicted molar refractivity (Wildman–Crippen MR) is 39.1 cm³/mol. The number of amides is 1. The van der Waals surface area contributed by atoms with Gasteiger partial charge in [-0.2, -0.15) is 0 Å². The van der Waals surface area contributed by atoms with E-state index in [4.69, 9.17) is 11.6 Å². The van der Waals surface area contributed by atoms with E-state index in [-0.39, 0.29) is 5.17 Å². The molecule has 0 rings (SSSR count). The van der Waals surface area contributed by atoms with Crippen molar-refractivity contribution >= 4 is 22.9 Å². The molecule has 58 valence electrons. The van der Waals surface area contributed by atoms with Crippen LogP contribution in [0.25, 0.3) is 0 Å². The average Bonchev–Trinajstić information content (AvgIpc) is 1.82. The maximum Gasteiger partial charge on any atom is 0.435 e. The van der Waals surface area contributed by atoms with Crippen molar-refractivity contribution in [2.24, 2.45) is 5.16 Å². The van der Waals surface area contributed by atoms with E-state index in [0.29, 0.717) is 0 Å². The fraction of sp³-hybridized carbons (Fsp3) is 0.600. The van der Waals surface area contributed by atoms with E-state index < -0.39 is 6.09 Å². The van der Waals surface area contributed by atoms with Crippen LogP contribution in [0, 0.1) is 0 Å². The maximum absolute atomic E-state index is 10.6. The second-order valence-corrected chi connectivity index (χ2v) is 2.39. The average molecular weight is 165 g/mol. The lowest BCUT2D eigenvalue weighted by Crippen LogP contribution is -2.20. The zero-order valence-electron chi connectivity index (χ0n) is 6.09. The Morgan fingerprint density at radius 1 is 1.60 bits per heavy atom. The molecule has 0 aromatic heterocycles. The number of hydrogen-bond acceptors (Lipinski definition) is 3. The summed E-state index contributed by atoms with van der Waals surface area (Å²) in [7, 11) is 3.11. The van der Waals surface area contributed by atoms with E-state index >= 15 is 0 Å². The highest BCUT2D eigenvalue weighted by Gasteiger charge is 2.02. The Morgan fingerprint density at radius 3 is 2.40 bits per heavy atom. The highest BCUT2D eigenvalue weighted by Crippen LogP contribution is 1.89. The minimum absolute atomic E-state index is 0.190. The van der Waals surface area contributed by atoms with Gasteiger partial charge in [0.25, 0.3) is 0 Å². The molecule has 0 aromatic rings. The highest BCUT2D eigenvalue weighted by atomic mass is 35.5. The Bertz CT molecular complexity index is 152. The van der Waals surface area contributed by atoms with Crippen LogP contribution >= 0.6 is 11.6 Å². The molecule has 0 saturated carbocycles. The minimum Gasteiger partial charge on any atom is -0.312 e. The number of carbonyl (C=O) groups excluding carboxylic acids is 1. The molecule has 0 fully saturated rings. The lowest BCUT2D eigenvalue weighted by Gasteiger charge is -2.05. The topological polar surface area (TPSA) is 41.9 Å². The van der Waals surface area contributed by atoms with Gasteiger partial charge in [0.15, 0.2) is 0 Å². The van der Waals surface area contributed by atoms with Crippen LogP contribution in [-0.2, 0) is 4.84 Å². The monoisotopic (exact) mass is 164 g/mol. The van der Waals surface area contributed by atoms with Crippen LogP contribution in [0.15, 0.2) is 5.16 Å². The van der Waals surface area contributed by atoms with Crippen LogP contribution in [-0.4, -0.2) is 30.3 Å². The fourth-order valence-corrected chi connectivity index (χ4v) is 0.218. The van der Waals surface area contributed by atoms with Gasteiger partial charge in [0.05, 0.1) is 0 Å². The number of halogens is 1. The van der Waals surface area contributed by atoms with E-state index in [2.05, 4.69) is 9.99 Å². The van der Waals surface area contributed by atoms with Crippen LogP contribution < -0.4 is 0 Å². The molecule has 0 radical (unpaired) electrons. The smallest absolute Gasteiger partial charge is 0.312 e. The summed E-state index contributed by atoms with van der Waals surface area (Å²) < 4.78 is 0. The summed E-state index contributed by atoms with van der Waals surface area (Å²) in [5.74, 6) is 0. The Balaban J connectivity index is 3.71. The third-order valence-corrected chi connectivity index (χ3v) is 0.684. The number of hydrogen-bond donors (Lipinski definition) is 0. The molecule has 0 spiro atoms. The molecule has 5 heteroatoms. The normalized spacial score (nSPS) is 11.0. The van der Waals surface area contributed by atoms with E-state index in [1.165, 1.54) is 11.8 Å². The second-order valence-electron chi connectivity index (χ2n) is 1.84. The third-order valence-electron chi connectivity index (χ3n) is 0.615. The first kappa shape index (κ1) is 9.23. The lowest BCUT2D eigenvalue weighted by molar-refractivity contribution is 0.122. The number of carbonyl (C=O) groups is 1. The van der Waals surface area contributed by atoms with E-state index in [9.17, 15) is 4.79 Å². The van der Waals surface area contributed by atoms with E-state index in [0.717, 1.165) is 0 Å². The Hall–Kier alpha value is -0.770. The van der Waals surface area contributed by atoms with Crippen molar-refractivity contribution in [3.63, 3.8) is 0 Å². The molecule has 0 aliphatic rings. The van der Waals surface area contributed by atoms with Crippen molar-refractivity contribution < 1.29 is 9.63 Å². The van der Waals surface area contributed by atoms with Gasteiger partial charge in [0, 0.05) is 14.1 Å². The quantitative estimate of drug-likeness (QED) is 0.333. The minimum atomic E-state index is -0.542. The molecular weight excluding hydrogens is 156 g/mol. The molecule has 0 atom stereocenters. The summed E-state index contributed by atoms with van der Waals surface area (Å²) in [4.78, 5) is 16.1. The number of oxime groups is 1. The van der Waals surface area contributed by atoms with Gasteiger partial charge in [0.2, 0.25) is 0 Å².